The van der Waals surface area contributed by atoms with Crippen LogP contribution in [0.4, 0.5) is 0 Å². The number of rotatable bonds is 2. The van der Waals surface area contributed by atoms with Gasteiger partial charge in [-0.2, -0.15) is 0 Å². The molecule has 2 heterocycles. The summed E-state index contributed by atoms with van der Waals surface area (Å²) in [5.41, 5.74) is 5.72. The normalized spacial score (nSPS) is 18.1. The summed E-state index contributed by atoms with van der Waals surface area (Å²) in [7, 11) is 0. The summed E-state index contributed by atoms with van der Waals surface area (Å²) in [6.45, 7) is 3.25. The van der Waals surface area contributed by atoms with E-state index >= 15 is 0 Å². The minimum atomic E-state index is -0.268. The molecule has 1 aliphatic heterocycles. The number of amides is 1. The quantitative estimate of drug-likeness (QED) is 0.788. The molecule has 1 aromatic rings. The van der Waals surface area contributed by atoms with Crippen molar-refractivity contribution in [2.75, 3.05) is 13.1 Å². The molecule has 0 bridgehead atoms. The maximum absolute atomic E-state index is 12.2. The SMILES string of the molecule is CC1(C(N)=S)CCN(C(=O)c2cc[nH]c(=O)c2)CC1. The Labute approximate surface area is 116 Å². The first-order chi connectivity index (χ1) is 8.92. The highest BCUT2D eigenvalue weighted by molar-refractivity contribution is 7.80. The molecule has 0 radical (unpaired) electrons. The number of H-pyrrole nitrogens is 1. The van der Waals surface area contributed by atoms with Crippen molar-refractivity contribution >= 4 is 23.1 Å². The van der Waals surface area contributed by atoms with Gasteiger partial charge in [0.15, 0.2) is 0 Å². The number of carbonyl (C=O) groups excluding carboxylic acids is 1. The molecule has 1 saturated heterocycles. The predicted molar refractivity (Wildman–Crippen MR) is 77.1 cm³/mol. The van der Waals surface area contributed by atoms with Gasteiger partial charge in [0.1, 0.15) is 0 Å². The number of carbonyl (C=O) groups is 1. The van der Waals surface area contributed by atoms with E-state index in [2.05, 4.69) is 4.98 Å². The summed E-state index contributed by atoms with van der Waals surface area (Å²) < 4.78 is 0. The van der Waals surface area contributed by atoms with Crippen molar-refractivity contribution in [2.24, 2.45) is 11.1 Å². The highest BCUT2D eigenvalue weighted by Crippen LogP contribution is 2.31. The monoisotopic (exact) mass is 279 g/mol. The van der Waals surface area contributed by atoms with Gasteiger partial charge in [-0.15, -0.1) is 0 Å². The van der Waals surface area contributed by atoms with Gasteiger partial charge in [-0.3, -0.25) is 9.59 Å². The Hall–Kier alpha value is -1.69. The number of pyridine rings is 1. The molecule has 0 aliphatic carbocycles. The molecule has 0 saturated carbocycles. The lowest BCUT2D eigenvalue weighted by Crippen LogP contribution is -2.46. The minimum absolute atomic E-state index is 0.115. The molecule has 1 aromatic heterocycles. The third-order valence-electron chi connectivity index (χ3n) is 3.77. The van der Waals surface area contributed by atoms with Gasteiger partial charge < -0.3 is 15.6 Å². The maximum Gasteiger partial charge on any atom is 0.254 e. The fraction of sp³-hybridized carbons (Fsp3) is 0.462. The number of nitrogens with zero attached hydrogens (tertiary/aromatic N) is 1. The minimum Gasteiger partial charge on any atom is -0.393 e. The van der Waals surface area contributed by atoms with Crippen LogP contribution in [0, 0.1) is 5.41 Å². The van der Waals surface area contributed by atoms with Crippen molar-refractivity contribution in [1.29, 1.82) is 0 Å². The Balaban J connectivity index is 2.08. The molecular weight excluding hydrogens is 262 g/mol. The first-order valence-corrected chi connectivity index (χ1v) is 6.61. The lowest BCUT2D eigenvalue weighted by Gasteiger charge is -2.38. The molecule has 0 aromatic carbocycles. The smallest absolute Gasteiger partial charge is 0.254 e. The fourth-order valence-electron chi connectivity index (χ4n) is 2.21. The first kappa shape index (κ1) is 13.7. The van der Waals surface area contributed by atoms with Crippen molar-refractivity contribution in [1.82, 2.24) is 9.88 Å². The highest BCUT2D eigenvalue weighted by atomic mass is 32.1. The molecule has 6 heteroatoms. The van der Waals surface area contributed by atoms with Crippen molar-refractivity contribution in [2.45, 2.75) is 19.8 Å². The van der Waals surface area contributed by atoms with E-state index in [1.165, 1.54) is 12.3 Å². The van der Waals surface area contributed by atoms with Crippen LogP contribution in [0.5, 0.6) is 0 Å². The van der Waals surface area contributed by atoms with Gasteiger partial charge in [0.2, 0.25) is 5.56 Å². The summed E-state index contributed by atoms with van der Waals surface area (Å²) in [4.78, 5) is 28.2. The zero-order chi connectivity index (χ0) is 14.0. The molecule has 0 unspecified atom stereocenters. The van der Waals surface area contributed by atoms with E-state index in [4.69, 9.17) is 18.0 Å². The molecule has 5 nitrogen and oxygen atoms in total. The molecule has 0 atom stereocenters. The summed E-state index contributed by atoms with van der Waals surface area (Å²) >= 11 is 5.07. The molecule has 1 fully saturated rings. The maximum atomic E-state index is 12.2. The molecule has 19 heavy (non-hydrogen) atoms. The van der Waals surface area contributed by atoms with Crippen LogP contribution in [0.25, 0.3) is 0 Å². The third kappa shape index (κ3) is 2.84. The number of likely N-dealkylation sites (tertiary alicyclic amines) is 1. The third-order valence-corrected chi connectivity index (χ3v) is 4.26. The topological polar surface area (TPSA) is 79.2 Å². The van der Waals surface area contributed by atoms with Gasteiger partial charge in [-0.25, -0.2) is 0 Å². The molecule has 1 amide bonds. The second-order valence-electron chi connectivity index (χ2n) is 5.16. The number of nitrogens with two attached hydrogens (primary N) is 1. The van der Waals surface area contributed by atoms with Crippen LogP contribution in [0.3, 0.4) is 0 Å². The molecule has 3 N–H and O–H groups in total. The summed E-state index contributed by atoms with van der Waals surface area (Å²) in [5, 5.41) is 0. The van der Waals surface area contributed by atoms with Crippen molar-refractivity contribution < 1.29 is 4.79 Å². The Morgan fingerprint density at radius 1 is 1.47 bits per heavy atom. The van der Waals surface area contributed by atoms with Crippen LogP contribution in [-0.4, -0.2) is 33.9 Å². The average Bonchev–Trinajstić information content (AvgIpc) is 2.38. The number of hydrogen-bond acceptors (Lipinski definition) is 3. The molecular formula is C13H17N3O2S. The number of thiocarbonyl (C=S) groups is 1. The summed E-state index contributed by atoms with van der Waals surface area (Å²) in [6.07, 6.45) is 3.01. The Morgan fingerprint density at radius 3 is 2.63 bits per heavy atom. The number of aromatic nitrogens is 1. The van der Waals surface area contributed by atoms with E-state index in [0.29, 0.717) is 23.6 Å². The van der Waals surface area contributed by atoms with Gasteiger partial charge in [0.05, 0.1) is 4.99 Å². The first-order valence-electron chi connectivity index (χ1n) is 6.20. The zero-order valence-corrected chi connectivity index (χ0v) is 11.6. The van der Waals surface area contributed by atoms with Crippen molar-refractivity contribution in [3.63, 3.8) is 0 Å². The molecule has 102 valence electrons. The van der Waals surface area contributed by atoms with E-state index in [1.54, 1.807) is 11.0 Å². The van der Waals surface area contributed by atoms with E-state index < -0.39 is 0 Å². The second-order valence-corrected chi connectivity index (χ2v) is 5.60. The van der Waals surface area contributed by atoms with Gasteiger partial charge in [-0.1, -0.05) is 19.1 Å². The van der Waals surface area contributed by atoms with Crippen molar-refractivity contribution in [3.05, 3.63) is 34.2 Å². The zero-order valence-electron chi connectivity index (χ0n) is 10.8. The number of aromatic amines is 1. The molecule has 0 spiro atoms. The number of nitrogens with one attached hydrogen (secondary N) is 1. The summed E-state index contributed by atoms with van der Waals surface area (Å²) in [6, 6.07) is 2.94. The van der Waals surface area contributed by atoms with Crippen LogP contribution in [-0.2, 0) is 0 Å². The van der Waals surface area contributed by atoms with E-state index in [9.17, 15) is 9.59 Å². The van der Waals surface area contributed by atoms with E-state index in [-0.39, 0.29) is 16.9 Å². The second kappa shape index (κ2) is 5.13. The van der Waals surface area contributed by atoms with Crippen LogP contribution in [0.1, 0.15) is 30.1 Å². The highest BCUT2D eigenvalue weighted by Gasteiger charge is 2.34. The number of piperidine rings is 1. The Kier molecular flexibility index (Phi) is 3.71. The number of hydrogen-bond donors (Lipinski definition) is 2. The van der Waals surface area contributed by atoms with Crippen LogP contribution in [0.15, 0.2) is 23.1 Å². The Morgan fingerprint density at radius 2 is 2.11 bits per heavy atom. The fourth-order valence-corrected chi connectivity index (χ4v) is 2.41. The standard InChI is InChI=1S/C13H17N3O2S/c1-13(12(14)19)3-6-16(7-4-13)11(18)9-2-5-15-10(17)8-9/h2,5,8H,3-4,6-7H2,1H3,(H2,14,19)(H,15,17). The predicted octanol–water partition coefficient (Wildman–Crippen LogP) is 0.903. The van der Waals surface area contributed by atoms with Gasteiger partial charge in [0, 0.05) is 36.3 Å². The summed E-state index contributed by atoms with van der Waals surface area (Å²) in [5.74, 6) is -0.115. The van der Waals surface area contributed by atoms with Gasteiger partial charge in [-0.05, 0) is 18.9 Å². The largest absolute Gasteiger partial charge is 0.393 e. The lowest BCUT2D eigenvalue weighted by molar-refractivity contribution is 0.0670. The lowest BCUT2D eigenvalue weighted by atomic mass is 9.80. The Bertz CT molecular complexity index is 559. The van der Waals surface area contributed by atoms with E-state index in [0.717, 1.165) is 12.8 Å². The van der Waals surface area contributed by atoms with Crippen LogP contribution >= 0.6 is 12.2 Å². The van der Waals surface area contributed by atoms with Crippen molar-refractivity contribution in [3.8, 4) is 0 Å². The average molecular weight is 279 g/mol. The van der Waals surface area contributed by atoms with Gasteiger partial charge in [0.25, 0.3) is 5.91 Å². The molecule has 1 aliphatic rings. The van der Waals surface area contributed by atoms with Crippen LogP contribution in [0.2, 0.25) is 0 Å². The van der Waals surface area contributed by atoms with Crippen LogP contribution < -0.4 is 11.3 Å². The van der Waals surface area contributed by atoms with E-state index in [1.807, 2.05) is 6.92 Å². The van der Waals surface area contributed by atoms with Gasteiger partial charge >= 0.3 is 0 Å². The molecule has 2 rings (SSSR count).